The lowest BCUT2D eigenvalue weighted by Crippen LogP contribution is -2.22. The Morgan fingerprint density at radius 2 is 2.00 bits per heavy atom. The number of benzene rings is 1. The molecule has 0 radical (unpaired) electrons. The van der Waals surface area contributed by atoms with E-state index in [4.69, 9.17) is 0 Å². The molecule has 0 saturated carbocycles. The van der Waals surface area contributed by atoms with Crippen LogP contribution in [0.1, 0.15) is 0 Å². The minimum absolute atomic E-state index is 0.101. The van der Waals surface area contributed by atoms with Gasteiger partial charge in [-0.3, -0.25) is 19.9 Å². The summed E-state index contributed by atoms with van der Waals surface area (Å²) in [5, 5.41) is 33.4. The normalized spacial score (nSPS) is 11.3. The summed E-state index contributed by atoms with van der Waals surface area (Å²) < 4.78 is 0. The third kappa shape index (κ3) is 2.55. The molecule has 2 heterocycles. The number of nitrogens with zero attached hydrogens (tertiary/aromatic N) is 4. The van der Waals surface area contributed by atoms with Crippen LogP contribution < -0.4 is 11.2 Å². The summed E-state index contributed by atoms with van der Waals surface area (Å²) in [5.41, 5.74) is -1.59. The molecule has 23 heavy (non-hydrogen) atoms. The zero-order valence-corrected chi connectivity index (χ0v) is 11.1. The van der Waals surface area contributed by atoms with Gasteiger partial charge in [0, 0.05) is 17.5 Å². The lowest BCUT2D eigenvalue weighted by atomic mass is 10.2. The molecule has 3 aromatic rings. The standard InChI is InChI=1S/C11H7N7O5/c19-9-7(14-15-8-10(20)13-11(21)17-16-8)5-3-4(18(22)23)1-2-6(5)12-9/h1-3,12,19H,(H2,13,17,20,21). The van der Waals surface area contributed by atoms with Crippen molar-refractivity contribution in [2.75, 3.05) is 0 Å². The fraction of sp³-hybridized carbons (Fsp3) is 0. The van der Waals surface area contributed by atoms with Gasteiger partial charge < -0.3 is 10.1 Å². The minimum Gasteiger partial charge on any atom is -0.493 e. The number of rotatable bonds is 3. The molecular formula is C11H7N7O5. The van der Waals surface area contributed by atoms with Crippen molar-refractivity contribution < 1.29 is 10.0 Å². The van der Waals surface area contributed by atoms with E-state index in [9.17, 15) is 24.8 Å². The molecule has 0 spiro atoms. The zero-order chi connectivity index (χ0) is 16.6. The predicted octanol–water partition coefficient (Wildman–Crippen LogP) is 0.969. The number of fused-ring (bicyclic) bond motifs is 1. The van der Waals surface area contributed by atoms with Crippen LogP contribution in [0.3, 0.4) is 0 Å². The Morgan fingerprint density at radius 3 is 2.70 bits per heavy atom. The number of nitro groups is 1. The van der Waals surface area contributed by atoms with Gasteiger partial charge in [0.25, 0.3) is 11.5 Å². The van der Waals surface area contributed by atoms with Crippen LogP contribution in [0.5, 0.6) is 5.88 Å². The van der Waals surface area contributed by atoms with Crippen LogP contribution in [0, 0.1) is 10.1 Å². The number of H-pyrrole nitrogens is 3. The molecule has 0 fully saturated rings. The zero-order valence-electron chi connectivity index (χ0n) is 11.1. The van der Waals surface area contributed by atoms with Gasteiger partial charge in [-0.15, -0.1) is 15.3 Å². The van der Waals surface area contributed by atoms with E-state index < -0.39 is 22.0 Å². The smallest absolute Gasteiger partial charge is 0.342 e. The van der Waals surface area contributed by atoms with E-state index in [2.05, 4.69) is 20.3 Å². The van der Waals surface area contributed by atoms with Gasteiger partial charge in [0.1, 0.15) is 0 Å². The largest absolute Gasteiger partial charge is 0.493 e. The van der Waals surface area contributed by atoms with Crippen molar-refractivity contribution in [3.63, 3.8) is 0 Å². The monoisotopic (exact) mass is 317 g/mol. The highest BCUT2D eigenvalue weighted by Gasteiger charge is 2.15. The van der Waals surface area contributed by atoms with E-state index >= 15 is 0 Å². The van der Waals surface area contributed by atoms with Gasteiger partial charge in [0.05, 0.1) is 10.4 Å². The number of aromatic hydroxyl groups is 1. The first-order valence-corrected chi connectivity index (χ1v) is 6.05. The Labute approximate surface area is 124 Å². The molecule has 1 aromatic carbocycles. The highest BCUT2D eigenvalue weighted by molar-refractivity contribution is 5.95. The molecule has 12 nitrogen and oxygen atoms in total. The van der Waals surface area contributed by atoms with Crippen LogP contribution in [0.25, 0.3) is 10.9 Å². The average molecular weight is 317 g/mol. The Hall–Kier alpha value is -3.83. The van der Waals surface area contributed by atoms with Crippen molar-refractivity contribution in [3.05, 3.63) is 49.2 Å². The third-order valence-corrected chi connectivity index (χ3v) is 2.88. The highest BCUT2D eigenvalue weighted by atomic mass is 16.6. The second kappa shape index (κ2) is 5.18. The van der Waals surface area contributed by atoms with E-state index in [1.807, 2.05) is 10.1 Å². The topological polar surface area (TPSA) is 182 Å². The number of nitro benzene ring substituents is 1. The molecule has 0 unspecified atom stereocenters. The van der Waals surface area contributed by atoms with Crippen LogP contribution in [-0.4, -0.2) is 30.2 Å². The van der Waals surface area contributed by atoms with E-state index in [1.54, 1.807) is 0 Å². The maximum atomic E-state index is 11.4. The molecule has 4 N–H and O–H groups in total. The first kappa shape index (κ1) is 14.1. The van der Waals surface area contributed by atoms with Crippen molar-refractivity contribution in [1.82, 2.24) is 20.2 Å². The maximum absolute atomic E-state index is 11.4. The second-order valence-electron chi connectivity index (χ2n) is 4.34. The van der Waals surface area contributed by atoms with E-state index in [0.29, 0.717) is 5.52 Å². The highest BCUT2D eigenvalue weighted by Crippen LogP contribution is 2.37. The van der Waals surface area contributed by atoms with E-state index in [0.717, 1.165) is 0 Å². The molecule has 0 aliphatic heterocycles. The Morgan fingerprint density at radius 1 is 1.22 bits per heavy atom. The van der Waals surface area contributed by atoms with Gasteiger partial charge in [0.2, 0.25) is 5.88 Å². The number of non-ortho nitro benzene ring substituents is 1. The fourth-order valence-electron chi connectivity index (χ4n) is 1.87. The van der Waals surface area contributed by atoms with E-state index in [-0.39, 0.29) is 22.6 Å². The van der Waals surface area contributed by atoms with Crippen molar-refractivity contribution >= 4 is 28.1 Å². The first-order chi connectivity index (χ1) is 11.0. The molecule has 0 amide bonds. The Bertz CT molecular complexity index is 1060. The molecule has 0 atom stereocenters. The molecule has 2 aromatic heterocycles. The molecule has 0 saturated heterocycles. The summed E-state index contributed by atoms with van der Waals surface area (Å²) in [6.07, 6.45) is 0. The van der Waals surface area contributed by atoms with E-state index in [1.165, 1.54) is 18.2 Å². The molecule has 3 rings (SSSR count). The van der Waals surface area contributed by atoms with Gasteiger partial charge in [-0.05, 0) is 6.07 Å². The summed E-state index contributed by atoms with van der Waals surface area (Å²) in [6.45, 7) is 0. The summed E-state index contributed by atoms with van der Waals surface area (Å²) >= 11 is 0. The molecule has 12 heteroatoms. The summed E-state index contributed by atoms with van der Waals surface area (Å²) in [6, 6.07) is 3.86. The van der Waals surface area contributed by atoms with Gasteiger partial charge in [-0.2, -0.15) is 0 Å². The lowest BCUT2D eigenvalue weighted by Gasteiger charge is -1.93. The first-order valence-electron chi connectivity index (χ1n) is 6.05. The summed E-state index contributed by atoms with van der Waals surface area (Å²) in [7, 11) is 0. The van der Waals surface area contributed by atoms with Gasteiger partial charge >= 0.3 is 11.2 Å². The van der Waals surface area contributed by atoms with Crippen molar-refractivity contribution in [1.29, 1.82) is 0 Å². The third-order valence-electron chi connectivity index (χ3n) is 2.88. The van der Waals surface area contributed by atoms with Gasteiger partial charge in [0.15, 0.2) is 5.69 Å². The van der Waals surface area contributed by atoms with Crippen molar-refractivity contribution in [2.45, 2.75) is 0 Å². The maximum Gasteiger partial charge on any atom is 0.342 e. The molecule has 0 bridgehead atoms. The van der Waals surface area contributed by atoms with Gasteiger partial charge in [-0.1, -0.05) is 0 Å². The average Bonchev–Trinajstić information content (AvgIpc) is 2.81. The van der Waals surface area contributed by atoms with Crippen LogP contribution in [-0.2, 0) is 0 Å². The van der Waals surface area contributed by atoms with Crippen molar-refractivity contribution in [3.8, 4) is 5.88 Å². The minimum atomic E-state index is -0.872. The fourth-order valence-corrected chi connectivity index (χ4v) is 1.87. The Balaban J connectivity index is 2.11. The van der Waals surface area contributed by atoms with Crippen LogP contribution in [0.2, 0.25) is 0 Å². The number of hydrogen-bond donors (Lipinski definition) is 4. The number of aromatic amines is 3. The molecule has 0 aliphatic rings. The number of hydrogen-bond acceptors (Lipinski definition) is 8. The molecule has 0 aliphatic carbocycles. The second-order valence-corrected chi connectivity index (χ2v) is 4.34. The number of aromatic nitrogens is 4. The van der Waals surface area contributed by atoms with Crippen LogP contribution in [0.4, 0.5) is 17.2 Å². The summed E-state index contributed by atoms with van der Waals surface area (Å²) in [5.74, 6) is -0.825. The Kier molecular flexibility index (Phi) is 3.18. The molecule has 116 valence electrons. The number of nitrogens with one attached hydrogen (secondary N) is 3. The molecular weight excluding hydrogens is 310 g/mol. The SMILES string of the molecule is O=c1[nH]nc(N=Nc2c(O)[nH]c3ccc([N+](=O)[O-])cc23)c(=O)[nH]1. The predicted molar refractivity (Wildman–Crippen MR) is 76.3 cm³/mol. The number of azo groups is 1. The lowest BCUT2D eigenvalue weighted by molar-refractivity contribution is -0.384. The quantitative estimate of drug-likeness (QED) is 0.317. The van der Waals surface area contributed by atoms with Crippen molar-refractivity contribution in [2.24, 2.45) is 10.2 Å². The van der Waals surface area contributed by atoms with Gasteiger partial charge in [-0.25, -0.2) is 9.89 Å². The van der Waals surface area contributed by atoms with Crippen LogP contribution >= 0.6 is 0 Å². The summed E-state index contributed by atoms with van der Waals surface area (Å²) in [4.78, 5) is 37.0. The van der Waals surface area contributed by atoms with Crippen LogP contribution in [0.15, 0.2) is 38.0 Å².